The van der Waals surface area contributed by atoms with E-state index < -0.39 is 5.97 Å². The van der Waals surface area contributed by atoms with Crippen molar-refractivity contribution >= 4 is 50.1 Å². The zero-order valence-corrected chi connectivity index (χ0v) is 13.1. The summed E-state index contributed by atoms with van der Waals surface area (Å²) in [6.07, 6.45) is 0. The molecule has 0 spiro atoms. The molecule has 0 aliphatic carbocycles. The molecule has 0 saturated carbocycles. The van der Waals surface area contributed by atoms with E-state index in [1.807, 2.05) is 12.1 Å². The Morgan fingerprint density at radius 2 is 2.18 bits per heavy atom. The second kappa shape index (κ2) is 6.25. The summed E-state index contributed by atoms with van der Waals surface area (Å²) in [4.78, 5) is 15.9. The maximum atomic E-state index is 11.5. The van der Waals surface area contributed by atoms with Gasteiger partial charge in [-0.05, 0) is 37.3 Å². The molecule has 3 aromatic rings. The molecule has 0 saturated heterocycles. The van der Waals surface area contributed by atoms with Crippen LogP contribution in [0.3, 0.4) is 0 Å². The van der Waals surface area contributed by atoms with Crippen LogP contribution in [0, 0.1) is 0 Å². The molecule has 6 nitrogen and oxygen atoms in total. The number of rotatable bonds is 4. The van der Waals surface area contributed by atoms with Gasteiger partial charge in [-0.1, -0.05) is 22.9 Å². The predicted molar refractivity (Wildman–Crippen MR) is 85.9 cm³/mol. The number of hydrogen-bond acceptors (Lipinski definition) is 7. The van der Waals surface area contributed by atoms with Crippen LogP contribution in [0.4, 0.5) is 10.9 Å². The lowest BCUT2D eigenvalue weighted by molar-refractivity contribution is 0.0518. The molecule has 0 aliphatic heterocycles. The Morgan fingerprint density at radius 1 is 1.32 bits per heavy atom. The van der Waals surface area contributed by atoms with Gasteiger partial charge in [0.1, 0.15) is 0 Å². The van der Waals surface area contributed by atoms with Crippen molar-refractivity contribution in [3.8, 4) is 0 Å². The first-order chi connectivity index (χ1) is 10.7. The SMILES string of the molecule is CCOC(=O)c1ccc(Nc2nc3ccc(Cl)cc3s2)nn1. The minimum Gasteiger partial charge on any atom is -0.461 e. The molecule has 2 aromatic heterocycles. The topological polar surface area (TPSA) is 77.0 Å². The maximum Gasteiger partial charge on any atom is 0.358 e. The maximum absolute atomic E-state index is 11.5. The van der Waals surface area contributed by atoms with Crippen LogP contribution in [0.15, 0.2) is 30.3 Å². The van der Waals surface area contributed by atoms with Crippen LogP contribution in [-0.2, 0) is 4.74 Å². The Morgan fingerprint density at radius 3 is 2.91 bits per heavy atom. The van der Waals surface area contributed by atoms with Crippen molar-refractivity contribution in [2.75, 3.05) is 11.9 Å². The zero-order chi connectivity index (χ0) is 15.5. The van der Waals surface area contributed by atoms with Crippen molar-refractivity contribution in [2.45, 2.75) is 6.92 Å². The Hall–Kier alpha value is -2.25. The monoisotopic (exact) mass is 334 g/mol. The van der Waals surface area contributed by atoms with Crippen molar-refractivity contribution in [1.82, 2.24) is 15.2 Å². The number of carbonyl (C=O) groups is 1. The fourth-order valence-corrected chi connectivity index (χ4v) is 2.92. The van der Waals surface area contributed by atoms with E-state index in [9.17, 15) is 4.79 Å². The lowest BCUT2D eigenvalue weighted by Gasteiger charge is -2.02. The van der Waals surface area contributed by atoms with Gasteiger partial charge in [-0.25, -0.2) is 9.78 Å². The number of fused-ring (bicyclic) bond motifs is 1. The molecule has 22 heavy (non-hydrogen) atoms. The first kappa shape index (κ1) is 14.7. The van der Waals surface area contributed by atoms with E-state index in [2.05, 4.69) is 20.5 Å². The molecule has 3 rings (SSSR count). The van der Waals surface area contributed by atoms with Gasteiger partial charge >= 0.3 is 5.97 Å². The standard InChI is InChI=1S/C14H11ClN4O2S/c1-2-21-13(20)10-5-6-12(19-18-10)17-14-16-9-4-3-8(15)7-11(9)22-14/h3-7H,2H2,1H3,(H,16,17,19). The predicted octanol–water partition coefficient (Wildman–Crippen LogP) is 3.66. The zero-order valence-electron chi connectivity index (χ0n) is 11.5. The smallest absolute Gasteiger partial charge is 0.358 e. The summed E-state index contributed by atoms with van der Waals surface area (Å²) < 4.78 is 5.83. The molecule has 0 atom stereocenters. The molecule has 112 valence electrons. The normalized spacial score (nSPS) is 10.6. The number of thiazole rings is 1. The van der Waals surface area contributed by atoms with Gasteiger partial charge in [0.05, 0.1) is 16.8 Å². The van der Waals surface area contributed by atoms with Crippen LogP contribution < -0.4 is 5.32 Å². The number of nitrogens with zero attached hydrogens (tertiary/aromatic N) is 3. The van der Waals surface area contributed by atoms with Gasteiger partial charge in [0, 0.05) is 5.02 Å². The van der Waals surface area contributed by atoms with Gasteiger partial charge in [0.15, 0.2) is 16.6 Å². The molecule has 0 fully saturated rings. The van der Waals surface area contributed by atoms with Crippen molar-refractivity contribution in [1.29, 1.82) is 0 Å². The van der Waals surface area contributed by atoms with E-state index in [0.717, 1.165) is 10.2 Å². The third-order valence-electron chi connectivity index (χ3n) is 2.73. The number of ether oxygens (including phenoxy) is 1. The Kier molecular flexibility index (Phi) is 4.17. The third kappa shape index (κ3) is 3.15. The number of aromatic nitrogens is 3. The summed E-state index contributed by atoms with van der Waals surface area (Å²) in [7, 11) is 0. The number of esters is 1. The number of benzene rings is 1. The summed E-state index contributed by atoms with van der Waals surface area (Å²) in [5, 5.41) is 12.2. The summed E-state index contributed by atoms with van der Waals surface area (Å²) in [6, 6.07) is 8.71. The van der Waals surface area contributed by atoms with Crippen LogP contribution in [0.1, 0.15) is 17.4 Å². The first-order valence-corrected chi connectivity index (χ1v) is 7.69. The van der Waals surface area contributed by atoms with Gasteiger partial charge in [-0.2, -0.15) is 0 Å². The van der Waals surface area contributed by atoms with Crippen molar-refractivity contribution < 1.29 is 9.53 Å². The molecule has 0 unspecified atom stereocenters. The van der Waals surface area contributed by atoms with Crippen LogP contribution in [0.25, 0.3) is 10.2 Å². The molecular weight excluding hydrogens is 324 g/mol. The molecule has 8 heteroatoms. The van der Waals surface area contributed by atoms with E-state index in [1.54, 1.807) is 25.1 Å². The summed E-state index contributed by atoms with van der Waals surface area (Å²) in [6.45, 7) is 2.04. The minimum atomic E-state index is -0.490. The Labute approximate surface area is 135 Å². The van der Waals surface area contributed by atoms with E-state index in [-0.39, 0.29) is 5.69 Å². The van der Waals surface area contributed by atoms with E-state index in [4.69, 9.17) is 16.3 Å². The molecule has 1 N–H and O–H groups in total. The van der Waals surface area contributed by atoms with Crippen molar-refractivity contribution in [3.63, 3.8) is 0 Å². The molecule has 2 heterocycles. The van der Waals surface area contributed by atoms with Crippen LogP contribution in [0.2, 0.25) is 5.02 Å². The summed E-state index contributed by atoms with van der Waals surface area (Å²) in [5.41, 5.74) is 1.02. The third-order valence-corrected chi connectivity index (χ3v) is 3.90. The van der Waals surface area contributed by atoms with E-state index >= 15 is 0 Å². The number of halogens is 1. The van der Waals surface area contributed by atoms with Crippen LogP contribution in [0.5, 0.6) is 0 Å². The Balaban J connectivity index is 1.78. The lowest BCUT2D eigenvalue weighted by atomic mass is 10.3. The van der Waals surface area contributed by atoms with Crippen molar-refractivity contribution in [2.24, 2.45) is 0 Å². The summed E-state index contributed by atoms with van der Waals surface area (Å²) in [5.74, 6) is 0.00869. The number of anilines is 2. The Bertz CT molecular complexity index is 819. The van der Waals surface area contributed by atoms with Gasteiger partial charge in [-0.15, -0.1) is 10.2 Å². The van der Waals surface area contributed by atoms with Gasteiger partial charge in [-0.3, -0.25) is 0 Å². The molecule has 0 aliphatic rings. The molecule has 0 amide bonds. The largest absolute Gasteiger partial charge is 0.461 e. The number of nitrogens with one attached hydrogen (secondary N) is 1. The van der Waals surface area contributed by atoms with Gasteiger partial charge < -0.3 is 10.1 Å². The van der Waals surface area contributed by atoms with Crippen LogP contribution in [-0.4, -0.2) is 27.8 Å². The second-order valence-corrected chi connectivity index (χ2v) is 5.75. The van der Waals surface area contributed by atoms with Crippen molar-refractivity contribution in [3.05, 3.63) is 41.0 Å². The number of carbonyl (C=O) groups excluding carboxylic acids is 1. The minimum absolute atomic E-state index is 0.170. The van der Waals surface area contributed by atoms with Gasteiger partial charge in [0.25, 0.3) is 0 Å². The fraction of sp³-hybridized carbons (Fsp3) is 0.143. The lowest BCUT2D eigenvalue weighted by Crippen LogP contribution is -2.08. The highest BCUT2D eigenvalue weighted by Crippen LogP contribution is 2.29. The second-order valence-electron chi connectivity index (χ2n) is 4.28. The highest BCUT2D eigenvalue weighted by atomic mass is 35.5. The molecule has 0 bridgehead atoms. The quantitative estimate of drug-likeness (QED) is 0.734. The van der Waals surface area contributed by atoms with Crippen LogP contribution >= 0.6 is 22.9 Å². The fourth-order valence-electron chi connectivity index (χ4n) is 1.77. The average molecular weight is 335 g/mol. The van der Waals surface area contributed by atoms with E-state index in [0.29, 0.717) is 22.6 Å². The molecule has 1 aromatic carbocycles. The van der Waals surface area contributed by atoms with Gasteiger partial charge in [0.2, 0.25) is 0 Å². The summed E-state index contributed by atoms with van der Waals surface area (Å²) >= 11 is 7.41. The average Bonchev–Trinajstić information content (AvgIpc) is 2.89. The first-order valence-electron chi connectivity index (χ1n) is 6.49. The highest BCUT2D eigenvalue weighted by molar-refractivity contribution is 7.22. The number of hydrogen-bond donors (Lipinski definition) is 1. The highest BCUT2D eigenvalue weighted by Gasteiger charge is 2.10. The molecule has 0 radical (unpaired) electrons. The van der Waals surface area contributed by atoms with E-state index in [1.165, 1.54) is 11.3 Å². The molecular formula is C14H11ClN4O2S.